The maximum absolute atomic E-state index is 12.3. The second-order valence-electron chi connectivity index (χ2n) is 6.66. The predicted molar refractivity (Wildman–Crippen MR) is 70.4 cm³/mol. The summed E-state index contributed by atoms with van der Waals surface area (Å²) in [5.74, 6) is 0.741. The molecule has 0 saturated carbocycles. The molecule has 0 bridgehead atoms. The molecule has 0 aliphatic carbocycles. The standard InChI is InChI=1S/C13H22N4O/c1-12(2,3)15-11-14-10(18)13(16-11)6-8-17-7-4-5-9(13)17/h9H,4-8H2,1-3H3,(H2,14,15,16,18). The van der Waals surface area contributed by atoms with Gasteiger partial charge in [0.05, 0.1) is 0 Å². The molecular weight excluding hydrogens is 228 g/mol. The van der Waals surface area contributed by atoms with Crippen LogP contribution in [0.1, 0.15) is 40.0 Å². The summed E-state index contributed by atoms with van der Waals surface area (Å²) in [4.78, 5) is 19.5. The van der Waals surface area contributed by atoms with Crippen LogP contribution in [0, 0.1) is 0 Å². The molecule has 1 amide bonds. The van der Waals surface area contributed by atoms with Crippen molar-refractivity contribution < 1.29 is 4.79 Å². The van der Waals surface area contributed by atoms with E-state index in [0.29, 0.717) is 12.0 Å². The van der Waals surface area contributed by atoms with Crippen LogP contribution >= 0.6 is 0 Å². The number of rotatable bonds is 0. The average Bonchev–Trinajstić information content (AvgIpc) is 2.84. The zero-order valence-corrected chi connectivity index (χ0v) is 11.4. The first-order valence-corrected chi connectivity index (χ1v) is 6.84. The van der Waals surface area contributed by atoms with Crippen LogP contribution in [-0.4, -0.2) is 47.0 Å². The summed E-state index contributed by atoms with van der Waals surface area (Å²) in [5.41, 5.74) is -0.588. The van der Waals surface area contributed by atoms with Crippen LogP contribution < -0.4 is 10.6 Å². The Bertz CT molecular complexity index is 412. The van der Waals surface area contributed by atoms with Crippen LogP contribution in [0.15, 0.2) is 4.99 Å². The zero-order chi connectivity index (χ0) is 13.0. The largest absolute Gasteiger partial charge is 0.351 e. The number of guanidine groups is 1. The van der Waals surface area contributed by atoms with Crippen molar-refractivity contribution in [1.82, 2.24) is 15.5 Å². The summed E-state index contributed by atoms with van der Waals surface area (Å²) < 4.78 is 0. The number of nitrogens with zero attached hydrogens (tertiary/aromatic N) is 2. The van der Waals surface area contributed by atoms with Crippen LogP contribution in [0.25, 0.3) is 0 Å². The lowest BCUT2D eigenvalue weighted by atomic mass is 9.89. The summed E-state index contributed by atoms with van der Waals surface area (Å²) in [5, 5.41) is 6.21. The molecule has 1 spiro atoms. The topological polar surface area (TPSA) is 56.7 Å². The Balaban J connectivity index is 1.86. The van der Waals surface area contributed by atoms with Gasteiger partial charge in [0.2, 0.25) is 0 Å². The van der Waals surface area contributed by atoms with Gasteiger partial charge in [-0.05, 0) is 46.6 Å². The molecule has 18 heavy (non-hydrogen) atoms. The molecule has 2 atom stereocenters. The second kappa shape index (κ2) is 3.70. The van der Waals surface area contributed by atoms with E-state index in [2.05, 4.69) is 36.3 Å². The van der Waals surface area contributed by atoms with Gasteiger partial charge >= 0.3 is 0 Å². The van der Waals surface area contributed by atoms with Crippen molar-refractivity contribution in [2.45, 2.75) is 57.2 Å². The molecule has 3 aliphatic rings. The molecule has 5 heteroatoms. The maximum Gasteiger partial charge on any atom is 0.256 e. The van der Waals surface area contributed by atoms with E-state index in [9.17, 15) is 4.79 Å². The summed E-state index contributed by atoms with van der Waals surface area (Å²) in [6, 6.07) is 0.316. The van der Waals surface area contributed by atoms with Crippen molar-refractivity contribution in [3.05, 3.63) is 0 Å². The van der Waals surface area contributed by atoms with Crippen LogP contribution in [0.5, 0.6) is 0 Å². The first-order valence-electron chi connectivity index (χ1n) is 6.84. The summed E-state index contributed by atoms with van der Waals surface area (Å²) in [6.07, 6.45) is 3.15. The normalized spacial score (nSPS) is 35.8. The van der Waals surface area contributed by atoms with Gasteiger partial charge in [-0.15, -0.1) is 0 Å². The minimum Gasteiger partial charge on any atom is -0.351 e. The number of amides is 1. The summed E-state index contributed by atoms with van der Waals surface area (Å²) in [6.45, 7) is 8.34. The third-order valence-electron chi connectivity index (χ3n) is 4.12. The van der Waals surface area contributed by atoms with Crippen molar-refractivity contribution in [2.24, 2.45) is 4.99 Å². The molecule has 2 saturated heterocycles. The van der Waals surface area contributed by atoms with Gasteiger partial charge in [0.15, 0.2) is 11.5 Å². The van der Waals surface area contributed by atoms with Crippen molar-refractivity contribution >= 4 is 11.9 Å². The lowest BCUT2D eigenvalue weighted by Crippen LogP contribution is -2.49. The van der Waals surface area contributed by atoms with E-state index >= 15 is 0 Å². The minimum atomic E-state index is -0.510. The van der Waals surface area contributed by atoms with Gasteiger partial charge in [-0.1, -0.05) is 0 Å². The van der Waals surface area contributed by atoms with E-state index in [-0.39, 0.29) is 11.4 Å². The number of fused-ring (bicyclic) bond motifs is 2. The lowest BCUT2D eigenvalue weighted by Gasteiger charge is -2.25. The Morgan fingerprint density at radius 3 is 2.94 bits per heavy atom. The molecule has 0 aromatic rings. The molecule has 2 fully saturated rings. The fraction of sp³-hybridized carbons (Fsp3) is 0.846. The minimum absolute atomic E-state index is 0.0778. The van der Waals surface area contributed by atoms with Crippen molar-refractivity contribution in [1.29, 1.82) is 0 Å². The average molecular weight is 250 g/mol. The quantitative estimate of drug-likeness (QED) is 0.657. The smallest absolute Gasteiger partial charge is 0.256 e. The molecule has 0 radical (unpaired) electrons. The monoisotopic (exact) mass is 250 g/mol. The van der Waals surface area contributed by atoms with Crippen molar-refractivity contribution in [3.8, 4) is 0 Å². The molecule has 3 heterocycles. The van der Waals surface area contributed by atoms with E-state index in [1.807, 2.05) is 0 Å². The second-order valence-corrected chi connectivity index (χ2v) is 6.66. The van der Waals surface area contributed by atoms with Gasteiger partial charge in [0.1, 0.15) is 0 Å². The molecular formula is C13H22N4O. The van der Waals surface area contributed by atoms with E-state index in [1.165, 1.54) is 6.42 Å². The van der Waals surface area contributed by atoms with Crippen LogP contribution in [0.4, 0.5) is 0 Å². The highest BCUT2D eigenvalue weighted by Crippen LogP contribution is 2.40. The van der Waals surface area contributed by atoms with Crippen LogP contribution in [0.2, 0.25) is 0 Å². The van der Waals surface area contributed by atoms with E-state index < -0.39 is 5.54 Å². The summed E-state index contributed by atoms with van der Waals surface area (Å²) >= 11 is 0. The number of hydrogen-bond acceptors (Lipinski definition) is 4. The highest BCUT2D eigenvalue weighted by Gasteiger charge is 2.57. The maximum atomic E-state index is 12.3. The third kappa shape index (κ3) is 1.72. The Kier molecular flexibility index (Phi) is 2.46. The highest BCUT2D eigenvalue weighted by molar-refractivity contribution is 6.08. The van der Waals surface area contributed by atoms with Gasteiger partial charge in [0, 0.05) is 18.1 Å². The summed E-state index contributed by atoms with van der Waals surface area (Å²) in [7, 11) is 0. The first-order chi connectivity index (χ1) is 8.41. The van der Waals surface area contributed by atoms with Gasteiger partial charge in [-0.25, -0.2) is 4.99 Å². The molecule has 0 aromatic heterocycles. The van der Waals surface area contributed by atoms with Crippen molar-refractivity contribution in [3.63, 3.8) is 0 Å². The molecule has 3 aliphatic heterocycles. The first kappa shape index (κ1) is 12.0. The SMILES string of the molecule is CC(C)(C)NC1=NC2(CCN3CCCC32)C(=O)N1. The third-order valence-corrected chi connectivity index (χ3v) is 4.12. The van der Waals surface area contributed by atoms with Gasteiger partial charge in [0.25, 0.3) is 5.91 Å². The van der Waals surface area contributed by atoms with Gasteiger partial charge in [-0.2, -0.15) is 0 Å². The van der Waals surface area contributed by atoms with Crippen LogP contribution in [0.3, 0.4) is 0 Å². The molecule has 100 valence electrons. The van der Waals surface area contributed by atoms with Gasteiger partial charge < -0.3 is 5.32 Å². The van der Waals surface area contributed by atoms with E-state index in [1.54, 1.807) is 0 Å². The zero-order valence-electron chi connectivity index (χ0n) is 11.4. The van der Waals surface area contributed by atoms with Crippen molar-refractivity contribution in [2.75, 3.05) is 13.1 Å². The highest BCUT2D eigenvalue weighted by atomic mass is 16.2. The number of aliphatic imine (C=N–C) groups is 1. The molecule has 2 unspecified atom stereocenters. The number of nitrogens with one attached hydrogen (secondary N) is 2. The Morgan fingerprint density at radius 1 is 1.44 bits per heavy atom. The fourth-order valence-corrected chi connectivity index (χ4v) is 3.42. The molecule has 5 nitrogen and oxygen atoms in total. The molecule has 0 aromatic carbocycles. The van der Waals surface area contributed by atoms with Crippen LogP contribution in [-0.2, 0) is 4.79 Å². The Morgan fingerprint density at radius 2 is 2.22 bits per heavy atom. The van der Waals surface area contributed by atoms with Gasteiger partial charge in [-0.3, -0.25) is 15.0 Å². The number of carbonyl (C=O) groups is 1. The lowest BCUT2D eigenvalue weighted by molar-refractivity contribution is -0.124. The predicted octanol–water partition coefficient (Wildman–Crippen LogP) is 0.467. The molecule has 3 rings (SSSR count). The van der Waals surface area contributed by atoms with E-state index in [0.717, 1.165) is 25.9 Å². The molecule has 2 N–H and O–H groups in total. The Labute approximate surface area is 108 Å². The number of carbonyl (C=O) groups excluding carboxylic acids is 1. The number of hydrogen-bond donors (Lipinski definition) is 2. The Hall–Kier alpha value is -1.10. The fourth-order valence-electron chi connectivity index (χ4n) is 3.42. The van der Waals surface area contributed by atoms with E-state index in [4.69, 9.17) is 4.99 Å².